The number of aromatic nitrogens is 1. The van der Waals surface area contributed by atoms with Crippen LogP contribution in [0, 0.1) is 12.8 Å². The highest BCUT2D eigenvalue weighted by molar-refractivity contribution is 4.92. The predicted molar refractivity (Wildman–Crippen MR) is 60.6 cm³/mol. The number of rotatable bonds is 2. The van der Waals surface area contributed by atoms with Crippen LogP contribution in [0.5, 0.6) is 0 Å². The van der Waals surface area contributed by atoms with Gasteiger partial charge in [-0.05, 0) is 25.7 Å². The van der Waals surface area contributed by atoms with Crippen LogP contribution in [0.3, 0.4) is 0 Å². The molecule has 0 N–H and O–H groups in total. The van der Waals surface area contributed by atoms with Crippen LogP contribution in [0.15, 0.2) is 20.1 Å². The van der Waals surface area contributed by atoms with Crippen molar-refractivity contribution < 1.29 is 4.42 Å². The third-order valence-corrected chi connectivity index (χ3v) is 3.23. The molecule has 4 nitrogen and oxygen atoms in total. The largest absolute Gasteiger partial charge is 0.421 e. The maximum Gasteiger partial charge on any atom is 0.421 e. The van der Waals surface area contributed by atoms with Gasteiger partial charge in [-0.2, -0.15) is 0 Å². The lowest BCUT2D eigenvalue weighted by atomic mass is 9.89. The van der Waals surface area contributed by atoms with Crippen molar-refractivity contribution in [1.29, 1.82) is 0 Å². The Morgan fingerprint density at radius 1 is 1.31 bits per heavy atom. The van der Waals surface area contributed by atoms with Crippen molar-refractivity contribution in [2.24, 2.45) is 5.92 Å². The zero-order valence-corrected chi connectivity index (χ0v) is 9.57. The Labute approximate surface area is 93.9 Å². The lowest BCUT2D eigenvalue weighted by molar-refractivity contribution is 0.290. The SMILES string of the molecule is Cc1cc(=O)n(CC2CCCCC2)c(=O)o1. The average Bonchev–Trinajstić information content (AvgIpc) is 2.25. The molecule has 0 bridgehead atoms. The van der Waals surface area contributed by atoms with Gasteiger partial charge in [-0.15, -0.1) is 0 Å². The zero-order valence-electron chi connectivity index (χ0n) is 9.57. The Morgan fingerprint density at radius 3 is 2.62 bits per heavy atom. The van der Waals surface area contributed by atoms with Crippen molar-refractivity contribution in [2.75, 3.05) is 0 Å². The minimum absolute atomic E-state index is 0.237. The second-order valence-electron chi connectivity index (χ2n) is 4.58. The Balaban J connectivity index is 2.20. The van der Waals surface area contributed by atoms with Crippen molar-refractivity contribution in [3.8, 4) is 0 Å². The normalized spacial score (nSPS) is 17.6. The third kappa shape index (κ3) is 2.43. The van der Waals surface area contributed by atoms with Crippen molar-refractivity contribution in [3.05, 3.63) is 32.7 Å². The molecule has 1 fully saturated rings. The van der Waals surface area contributed by atoms with E-state index >= 15 is 0 Å². The molecule has 1 aromatic heterocycles. The maximum absolute atomic E-state index is 11.6. The molecule has 2 rings (SSSR count). The summed E-state index contributed by atoms with van der Waals surface area (Å²) in [6.07, 6.45) is 5.90. The van der Waals surface area contributed by atoms with Crippen LogP contribution in [0.2, 0.25) is 0 Å². The highest BCUT2D eigenvalue weighted by Gasteiger charge is 2.16. The Bertz CT molecular complexity index is 435. The number of hydrogen-bond donors (Lipinski definition) is 0. The molecule has 1 heterocycles. The molecule has 0 aromatic carbocycles. The number of hydrogen-bond acceptors (Lipinski definition) is 3. The van der Waals surface area contributed by atoms with E-state index < -0.39 is 5.76 Å². The first kappa shape index (κ1) is 11.2. The lowest BCUT2D eigenvalue weighted by Gasteiger charge is -2.21. The Kier molecular flexibility index (Phi) is 3.27. The number of nitrogens with zero attached hydrogens (tertiary/aromatic N) is 1. The van der Waals surface area contributed by atoms with E-state index in [0.29, 0.717) is 18.2 Å². The van der Waals surface area contributed by atoms with Gasteiger partial charge in [-0.3, -0.25) is 4.79 Å². The van der Waals surface area contributed by atoms with Crippen molar-refractivity contribution in [1.82, 2.24) is 4.57 Å². The van der Waals surface area contributed by atoms with Gasteiger partial charge in [-0.1, -0.05) is 19.3 Å². The van der Waals surface area contributed by atoms with E-state index in [0.717, 1.165) is 12.8 Å². The first-order valence-corrected chi connectivity index (χ1v) is 5.88. The fraction of sp³-hybridized carbons (Fsp3) is 0.667. The maximum atomic E-state index is 11.6. The standard InChI is InChI=1S/C12H17NO3/c1-9-7-11(14)13(12(15)16-9)8-10-5-3-2-4-6-10/h7,10H,2-6,8H2,1H3. The van der Waals surface area contributed by atoms with Gasteiger partial charge in [-0.25, -0.2) is 9.36 Å². The highest BCUT2D eigenvalue weighted by Crippen LogP contribution is 2.24. The van der Waals surface area contributed by atoms with E-state index in [1.54, 1.807) is 6.92 Å². The molecular weight excluding hydrogens is 206 g/mol. The Hall–Kier alpha value is -1.32. The first-order valence-electron chi connectivity index (χ1n) is 5.88. The van der Waals surface area contributed by atoms with Crippen LogP contribution in [-0.4, -0.2) is 4.57 Å². The van der Waals surface area contributed by atoms with Gasteiger partial charge in [0.1, 0.15) is 5.76 Å². The summed E-state index contributed by atoms with van der Waals surface area (Å²) in [6.45, 7) is 2.13. The second kappa shape index (κ2) is 4.68. The summed E-state index contributed by atoms with van der Waals surface area (Å²) < 4.78 is 6.16. The average molecular weight is 223 g/mol. The molecule has 16 heavy (non-hydrogen) atoms. The van der Waals surface area contributed by atoms with Gasteiger partial charge < -0.3 is 4.42 Å². The van der Waals surface area contributed by atoms with Crippen molar-refractivity contribution >= 4 is 0 Å². The molecular formula is C12H17NO3. The van der Waals surface area contributed by atoms with Gasteiger partial charge in [0.2, 0.25) is 0 Å². The fourth-order valence-corrected chi connectivity index (χ4v) is 2.36. The van der Waals surface area contributed by atoms with E-state index in [2.05, 4.69) is 0 Å². The minimum Gasteiger partial charge on any atom is -0.415 e. The van der Waals surface area contributed by atoms with Gasteiger partial charge in [0.25, 0.3) is 5.56 Å². The molecule has 1 aromatic rings. The second-order valence-corrected chi connectivity index (χ2v) is 4.58. The summed E-state index contributed by atoms with van der Waals surface area (Å²) in [5.74, 6) is 0.322. The van der Waals surface area contributed by atoms with Crippen LogP contribution < -0.4 is 11.3 Å². The molecule has 1 aliphatic carbocycles. The molecule has 0 spiro atoms. The van der Waals surface area contributed by atoms with Gasteiger partial charge in [0.05, 0.1) is 0 Å². The van der Waals surface area contributed by atoms with E-state index in [1.165, 1.54) is 29.9 Å². The highest BCUT2D eigenvalue weighted by atomic mass is 16.4. The van der Waals surface area contributed by atoms with Gasteiger partial charge in [0, 0.05) is 12.6 Å². The number of aryl methyl sites for hydroxylation is 1. The van der Waals surface area contributed by atoms with Crippen LogP contribution in [0.1, 0.15) is 37.9 Å². The summed E-state index contributed by atoms with van der Waals surface area (Å²) in [4.78, 5) is 23.2. The van der Waals surface area contributed by atoms with Crippen LogP contribution in [-0.2, 0) is 6.54 Å². The van der Waals surface area contributed by atoms with Gasteiger partial charge >= 0.3 is 5.76 Å². The molecule has 0 aliphatic heterocycles. The van der Waals surface area contributed by atoms with Crippen LogP contribution in [0.25, 0.3) is 0 Å². The molecule has 88 valence electrons. The van der Waals surface area contributed by atoms with Crippen LogP contribution >= 0.6 is 0 Å². The predicted octanol–water partition coefficient (Wildman–Crippen LogP) is 1.69. The lowest BCUT2D eigenvalue weighted by Crippen LogP contribution is -2.35. The first-order chi connectivity index (χ1) is 7.66. The Morgan fingerprint density at radius 2 is 2.00 bits per heavy atom. The smallest absolute Gasteiger partial charge is 0.415 e. The quantitative estimate of drug-likeness (QED) is 0.766. The molecule has 0 amide bonds. The summed E-state index contributed by atoms with van der Waals surface area (Å²) >= 11 is 0. The van der Waals surface area contributed by atoms with E-state index in [4.69, 9.17) is 4.42 Å². The monoisotopic (exact) mass is 223 g/mol. The summed E-state index contributed by atoms with van der Waals surface area (Å²) in [5.41, 5.74) is -0.237. The summed E-state index contributed by atoms with van der Waals surface area (Å²) in [6, 6.07) is 1.38. The summed E-state index contributed by atoms with van der Waals surface area (Å²) in [7, 11) is 0. The van der Waals surface area contributed by atoms with E-state index in [9.17, 15) is 9.59 Å². The minimum atomic E-state index is -0.518. The topological polar surface area (TPSA) is 52.2 Å². The fourth-order valence-electron chi connectivity index (χ4n) is 2.36. The molecule has 0 saturated heterocycles. The van der Waals surface area contributed by atoms with Crippen LogP contribution in [0.4, 0.5) is 0 Å². The van der Waals surface area contributed by atoms with Crippen molar-refractivity contribution in [2.45, 2.75) is 45.6 Å². The molecule has 0 unspecified atom stereocenters. The molecule has 1 aliphatic rings. The third-order valence-electron chi connectivity index (χ3n) is 3.23. The zero-order chi connectivity index (χ0) is 11.5. The molecule has 1 saturated carbocycles. The molecule has 4 heteroatoms. The van der Waals surface area contributed by atoms with E-state index in [-0.39, 0.29) is 5.56 Å². The summed E-state index contributed by atoms with van der Waals surface area (Å²) in [5, 5.41) is 0. The molecule has 0 radical (unpaired) electrons. The van der Waals surface area contributed by atoms with Gasteiger partial charge in [0.15, 0.2) is 0 Å². The van der Waals surface area contributed by atoms with E-state index in [1.807, 2.05) is 0 Å². The van der Waals surface area contributed by atoms with Crippen molar-refractivity contribution in [3.63, 3.8) is 0 Å². The molecule has 0 atom stereocenters.